The Morgan fingerprint density at radius 1 is 0.724 bits per heavy atom. The van der Waals surface area contributed by atoms with Gasteiger partial charge in [0.1, 0.15) is 0 Å². The van der Waals surface area contributed by atoms with Gasteiger partial charge in [-0.2, -0.15) is 13.2 Å². The Labute approximate surface area is 169 Å². The maximum atomic E-state index is 12.8. The van der Waals surface area contributed by atoms with Gasteiger partial charge in [-0.25, -0.2) is 0 Å². The topological polar surface area (TPSA) is 58.2 Å². The highest BCUT2D eigenvalue weighted by Gasteiger charge is 2.30. The molecule has 0 bridgehead atoms. The van der Waals surface area contributed by atoms with Crippen LogP contribution in [-0.4, -0.2) is 11.8 Å². The molecule has 0 saturated carbocycles. The van der Waals surface area contributed by atoms with Crippen molar-refractivity contribution < 1.29 is 22.8 Å². The molecule has 3 aromatic rings. The zero-order chi connectivity index (χ0) is 21.0. The fourth-order valence-electron chi connectivity index (χ4n) is 2.49. The SMILES string of the molecule is O=C(Nc1ccc(C(=O)Nc2cccc(C(F)(F)F)c2)cc1)c1ccc(Cl)cc1. The third-order valence-corrected chi connectivity index (χ3v) is 4.21. The summed E-state index contributed by atoms with van der Waals surface area (Å²) in [6, 6.07) is 16.7. The zero-order valence-corrected chi connectivity index (χ0v) is 15.5. The van der Waals surface area contributed by atoms with Gasteiger partial charge in [-0.3, -0.25) is 9.59 Å². The van der Waals surface area contributed by atoms with Crippen LogP contribution in [0, 0.1) is 0 Å². The third-order valence-electron chi connectivity index (χ3n) is 3.96. The fraction of sp³-hybridized carbons (Fsp3) is 0.0476. The van der Waals surface area contributed by atoms with Crippen LogP contribution in [0.25, 0.3) is 0 Å². The summed E-state index contributed by atoms with van der Waals surface area (Å²) in [6.45, 7) is 0. The molecule has 0 atom stereocenters. The number of carbonyl (C=O) groups is 2. The van der Waals surface area contributed by atoms with Gasteiger partial charge >= 0.3 is 6.18 Å². The second-order valence-electron chi connectivity index (χ2n) is 6.07. The number of hydrogen-bond donors (Lipinski definition) is 2. The van der Waals surface area contributed by atoms with Crippen molar-refractivity contribution in [2.75, 3.05) is 10.6 Å². The predicted octanol–water partition coefficient (Wildman–Crippen LogP) is 5.86. The first-order valence-electron chi connectivity index (χ1n) is 8.38. The average molecular weight is 419 g/mol. The Balaban J connectivity index is 1.66. The van der Waals surface area contributed by atoms with E-state index in [1.807, 2.05) is 0 Å². The molecule has 2 N–H and O–H groups in total. The van der Waals surface area contributed by atoms with Crippen LogP contribution in [0.1, 0.15) is 26.3 Å². The number of hydrogen-bond acceptors (Lipinski definition) is 2. The van der Waals surface area contributed by atoms with Crippen molar-refractivity contribution in [1.29, 1.82) is 0 Å². The minimum Gasteiger partial charge on any atom is -0.322 e. The lowest BCUT2D eigenvalue weighted by Crippen LogP contribution is -2.14. The maximum absolute atomic E-state index is 12.8. The molecule has 0 aromatic heterocycles. The minimum atomic E-state index is -4.50. The van der Waals surface area contributed by atoms with E-state index >= 15 is 0 Å². The van der Waals surface area contributed by atoms with Crippen molar-refractivity contribution in [2.45, 2.75) is 6.18 Å². The van der Waals surface area contributed by atoms with Gasteiger partial charge in [0.2, 0.25) is 0 Å². The van der Waals surface area contributed by atoms with Crippen LogP contribution >= 0.6 is 11.6 Å². The normalized spacial score (nSPS) is 11.0. The van der Waals surface area contributed by atoms with Crippen LogP contribution in [0.5, 0.6) is 0 Å². The van der Waals surface area contributed by atoms with E-state index in [-0.39, 0.29) is 17.2 Å². The van der Waals surface area contributed by atoms with Crippen LogP contribution in [0.2, 0.25) is 5.02 Å². The van der Waals surface area contributed by atoms with E-state index in [0.29, 0.717) is 16.3 Å². The van der Waals surface area contributed by atoms with Crippen molar-refractivity contribution in [3.05, 3.63) is 94.5 Å². The molecule has 8 heteroatoms. The van der Waals surface area contributed by atoms with Crippen LogP contribution < -0.4 is 10.6 Å². The largest absolute Gasteiger partial charge is 0.416 e. The number of alkyl halides is 3. The van der Waals surface area contributed by atoms with Crippen molar-refractivity contribution in [1.82, 2.24) is 0 Å². The second kappa shape index (κ2) is 8.36. The molecule has 0 spiro atoms. The predicted molar refractivity (Wildman–Crippen MR) is 105 cm³/mol. The van der Waals surface area contributed by atoms with E-state index in [1.54, 1.807) is 24.3 Å². The lowest BCUT2D eigenvalue weighted by molar-refractivity contribution is -0.137. The highest BCUT2D eigenvalue weighted by atomic mass is 35.5. The molecule has 4 nitrogen and oxygen atoms in total. The summed E-state index contributed by atoms with van der Waals surface area (Å²) in [5, 5.41) is 5.61. The quantitative estimate of drug-likeness (QED) is 0.557. The van der Waals surface area contributed by atoms with Gasteiger partial charge in [0.25, 0.3) is 11.8 Å². The number of carbonyl (C=O) groups excluding carboxylic acids is 2. The summed E-state index contributed by atoms with van der Waals surface area (Å²) in [7, 11) is 0. The van der Waals surface area contributed by atoms with Crippen molar-refractivity contribution >= 4 is 34.8 Å². The van der Waals surface area contributed by atoms with E-state index in [4.69, 9.17) is 11.6 Å². The maximum Gasteiger partial charge on any atom is 0.416 e. The van der Waals surface area contributed by atoms with Gasteiger partial charge < -0.3 is 10.6 Å². The number of benzene rings is 3. The van der Waals surface area contributed by atoms with E-state index in [1.165, 1.54) is 36.4 Å². The molecule has 29 heavy (non-hydrogen) atoms. The number of halogens is 4. The molecule has 0 heterocycles. The molecule has 3 aromatic carbocycles. The van der Waals surface area contributed by atoms with Crippen LogP contribution in [0.15, 0.2) is 72.8 Å². The van der Waals surface area contributed by atoms with Crippen molar-refractivity contribution in [2.24, 2.45) is 0 Å². The third kappa shape index (κ3) is 5.36. The number of rotatable bonds is 4. The van der Waals surface area contributed by atoms with Crippen molar-refractivity contribution in [3.63, 3.8) is 0 Å². The van der Waals surface area contributed by atoms with E-state index in [9.17, 15) is 22.8 Å². The molecule has 0 saturated heterocycles. The molecular formula is C21H14ClF3N2O2. The number of nitrogens with one attached hydrogen (secondary N) is 2. The van der Waals surface area contributed by atoms with Crippen molar-refractivity contribution in [3.8, 4) is 0 Å². The number of amides is 2. The molecule has 0 fully saturated rings. The second-order valence-corrected chi connectivity index (χ2v) is 6.51. The fourth-order valence-corrected chi connectivity index (χ4v) is 2.61. The van der Waals surface area contributed by atoms with Gasteiger partial charge in [0.05, 0.1) is 5.56 Å². The Kier molecular flexibility index (Phi) is 5.89. The van der Waals surface area contributed by atoms with E-state index in [2.05, 4.69) is 10.6 Å². The zero-order valence-electron chi connectivity index (χ0n) is 14.8. The molecule has 2 amide bonds. The van der Waals surface area contributed by atoms with E-state index < -0.39 is 17.6 Å². The van der Waals surface area contributed by atoms with Gasteiger partial charge in [-0.15, -0.1) is 0 Å². The van der Waals surface area contributed by atoms with E-state index in [0.717, 1.165) is 12.1 Å². The first-order valence-corrected chi connectivity index (χ1v) is 8.76. The van der Waals surface area contributed by atoms with Crippen LogP contribution in [0.3, 0.4) is 0 Å². The lowest BCUT2D eigenvalue weighted by atomic mass is 10.1. The molecule has 0 aliphatic carbocycles. The smallest absolute Gasteiger partial charge is 0.322 e. The molecular weight excluding hydrogens is 405 g/mol. The standard InChI is InChI=1S/C21H14ClF3N2O2/c22-16-8-4-13(5-9-16)19(28)26-17-10-6-14(7-11-17)20(29)27-18-3-1-2-15(12-18)21(23,24)25/h1-12H,(H,26,28)(H,27,29). The van der Waals surface area contributed by atoms with Gasteiger partial charge in [0, 0.05) is 27.5 Å². The van der Waals surface area contributed by atoms with Crippen LogP contribution in [-0.2, 0) is 6.18 Å². The first-order chi connectivity index (χ1) is 13.7. The Hall–Kier alpha value is -3.32. The Morgan fingerprint density at radius 2 is 1.24 bits per heavy atom. The molecule has 0 aliphatic heterocycles. The molecule has 3 rings (SSSR count). The summed E-state index contributed by atoms with van der Waals surface area (Å²) < 4.78 is 38.3. The summed E-state index contributed by atoms with van der Waals surface area (Å²) in [4.78, 5) is 24.4. The highest BCUT2D eigenvalue weighted by Crippen LogP contribution is 2.30. The molecule has 0 radical (unpaired) electrons. The summed E-state index contributed by atoms with van der Waals surface area (Å²) >= 11 is 5.79. The summed E-state index contributed by atoms with van der Waals surface area (Å²) in [6.07, 6.45) is -4.50. The lowest BCUT2D eigenvalue weighted by Gasteiger charge is -2.10. The minimum absolute atomic E-state index is 0.0324. The average Bonchev–Trinajstić information content (AvgIpc) is 2.68. The Morgan fingerprint density at radius 3 is 1.79 bits per heavy atom. The number of anilines is 2. The highest BCUT2D eigenvalue weighted by molar-refractivity contribution is 6.30. The first kappa shape index (κ1) is 20.4. The van der Waals surface area contributed by atoms with Crippen LogP contribution in [0.4, 0.5) is 24.5 Å². The monoisotopic (exact) mass is 418 g/mol. The summed E-state index contributed by atoms with van der Waals surface area (Å²) in [5.41, 5.74) is 0.286. The van der Waals surface area contributed by atoms with Gasteiger partial charge in [-0.1, -0.05) is 17.7 Å². The molecule has 0 aliphatic rings. The Bertz CT molecular complexity index is 1030. The van der Waals surface area contributed by atoms with Gasteiger partial charge in [-0.05, 0) is 66.7 Å². The summed E-state index contributed by atoms with van der Waals surface area (Å²) in [5.74, 6) is -0.914. The molecule has 148 valence electrons. The van der Waals surface area contributed by atoms with Gasteiger partial charge in [0.15, 0.2) is 0 Å². The molecule has 0 unspecified atom stereocenters.